The van der Waals surface area contributed by atoms with Gasteiger partial charge in [-0.1, -0.05) is 0 Å². The Morgan fingerprint density at radius 2 is 1.81 bits per heavy atom. The van der Waals surface area contributed by atoms with Crippen LogP contribution in [0.15, 0.2) is 37.3 Å². The molecule has 0 aliphatic carbocycles. The smallest absolute Gasteiger partial charge is 0.410 e. The molecule has 2 fully saturated rings. The van der Waals surface area contributed by atoms with E-state index in [-0.39, 0.29) is 31.1 Å². The van der Waals surface area contributed by atoms with Crippen LogP contribution in [-0.2, 0) is 14.2 Å². The number of aromatic nitrogens is 9. The minimum atomic E-state index is -0.527. The number of likely N-dealkylation sites (tertiary alicyclic amines) is 1. The Hall–Kier alpha value is -4.96. The number of amides is 1. The highest BCUT2D eigenvalue weighted by Crippen LogP contribution is 2.40. The summed E-state index contributed by atoms with van der Waals surface area (Å²) < 4.78 is 26.5. The molecule has 2 unspecified atom stereocenters. The summed E-state index contributed by atoms with van der Waals surface area (Å²) in [5.41, 5.74) is 3.04. The van der Waals surface area contributed by atoms with Crippen LogP contribution in [-0.4, -0.2) is 101 Å². The molecule has 2 saturated heterocycles. The molecule has 3 aliphatic heterocycles. The minimum Gasteiger partial charge on any atom is -0.466 e. The van der Waals surface area contributed by atoms with Gasteiger partial charge in [0.05, 0.1) is 31.8 Å². The predicted octanol–water partition coefficient (Wildman–Crippen LogP) is 3.54. The summed E-state index contributed by atoms with van der Waals surface area (Å²) in [5.74, 6) is 2.37. The number of carbonyl (C=O) groups is 1. The van der Waals surface area contributed by atoms with Crippen LogP contribution in [0, 0.1) is 0 Å². The predicted molar refractivity (Wildman–Crippen MR) is 167 cm³/mol. The van der Waals surface area contributed by atoms with E-state index < -0.39 is 5.60 Å². The Morgan fingerprint density at radius 1 is 0.979 bits per heavy atom. The van der Waals surface area contributed by atoms with Crippen LogP contribution < -0.4 is 9.64 Å². The zero-order chi connectivity index (χ0) is 32.3. The summed E-state index contributed by atoms with van der Waals surface area (Å²) in [5, 5.41) is 0. The first-order valence-electron chi connectivity index (χ1n) is 15.6. The third kappa shape index (κ3) is 5.46. The molecule has 47 heavy (non-hydrogen) atoms. The molecule has 0 N–H and O–H groups in total. The summed E-state index contributed by atoms with van der Waals surface area (Å²) in [7, 11) is 1.58. The van der Waals surface area contributed by atoms with E-state index in [1.165, 1.54) is 0 Å². The van der Waals surface area contributed by atoms with Gasteiger partial charge in [-0.25, -0.2) is 29.7 Å². The van der Waals surface area contributed by atoms with Gasteiger partial charge in [-0.3, -0.25) is 9.55 Å². The molecule has 4 bridgehead atoms. The fourth-order valence-electron chi connectivity index (χ4n) is 6.34. The quantitative estimate of drug-likeness (QED) is 0.248. The van der Waals surface area contributed by atoms with Gasteiger partial charge in [0.2, 0.25) is 5.95 Å². The minimum absolute atomic E-state index is 0.131. The Kier molecular flexibility index (Phi) is 7.13. The number of piperidine rings is 1. The van der Waals surface area contributed by atoms with Gasteiger partial charge >= 0.3 is 6.09 Å². The van der Waals surface area contributed by atoms with Crippen molar-refractivity contribution in [3.8, 4) is 11.7 Å². The van der Waals surface area contributed by atoms with Gasteiger partial charge in [0.25, 0.3) is 0 Å². The van der Waals surface area contributed by atoms with Crippen molar-refractivity contribution >= 4 is 34.2 Å². The van der Waals surface area contributed by atoms with Crippen molar-refractivity contribution in [2.75, 3.05) is 45.0 Å². The Balaban J connectivity index is 1.05. The van der Waals surface area contributed by atoms with Gasteiger partial charge in [-0.05, 0) is 39.7 Å². The summed E-state index contributed by atoms with van der Waals surface area (Å²) >= 11 is 0. The number of nitrogens with zero attached hydrogens (tertiary/aromatic N) is 11. The van der Waals surface area contributed by atoms with E-state index in [9.17, 15) is 4.79 Å². The molecule has 0 aromatic carbocycles. The van der Waals surface area contributed by atoms with E-state index in [1.807, 2.05) is 26.8 Å². The normalized spacial score (nSPS) is 19.8. The molecule has 2 atom stereocenters. The molecule has 5 aromatic rings. The van der Waals surface area contributed by atoms with Gasteiger partial charge in [0.15, 0.2) is 35.2 Å². The highest BCUT2D eigenvalue weighted by atomic mass is 16.7. The van der Waals surface area contributed by atoms with E-state index in [4.69, 9.17) is 38.9 Å². The molecule has 1 amide bonds. The lowest BCUT2D eigenvalue weighted by atomic mass is 10.1. The van der Waals surface area contributed by atoms with Crippen molar-refractivity contribution in [2.45, 2.75) is 57.5 Å². The van der Waals surface area contributed by atoms with E-state index in [1.54, 1.807) is 47.8 Å². The van der Waals surface area contributed by atoms with Gasteiger partial charge in [-0.2, -0.15) is 4.98 Å². The third-order valence-electron chi connectivity index (χ3n) is 8.56. The molecule has 3 aliphatic rings. The summed E-state index contributed by atoms with van der Waals surface area (Å²) in [6, 6.07) is 2.05. The number of pyridine rings is 1. The molecule has 8 heterocycles. The molecule has 0 radical (unpaired) electrons. The highest BCUT2D eigenvalue weighted by Gasteiger charge is 2.38. The maximum Gasteiger partial charge on any atom is 0.410 e. The SMILES string of the molecule is COCOc1cncc(C2CN3CC(O2)c2nc3c3ncn(-c4ncc5ncn(C6CCN(C(=O)OC(C)(C)C)CC6)c5n4)c3n2)c1. The van der Waals surface area contributed by atoms with Crippen molar-refractivity contribution in [1.82, 2.24) is 48.9 Å². The summed E-state index contributed by atoms with van der Waals surface area (Å²) in [6.07, 6.45) is 9.28. The van der Waals surface area contributed by atoms with Gasteiger partial charge in [-0.15, -0.1) is 0 Å². The van der Waals surface area contributed by atoms with Crippen molar-refractivity contribution in [2.24, 2.45) is 0 Å². The Bertz CT molecular complexity index is 1960. The van der Waals surface area contributed by atoms with Gasteiger partial charge in [0.1, 0.15) is 35.4 Å². The summed E-state index contributed by atoms with van der Waals surface area (Å²) in [6.45, 7) is 8.15. The van der Waals surface area contributed by atoms with Gasteiger partial charge in [0, 0.05) is 38.0 Å². The van der Waals surface area contributed by atoms with E-state index in [2.05, 4.69) is 24.4 Å². The fourth-order valence-corrected chi connectivity index (χ4v) is 6.34. The lowest BCUT2D eigenvalue weighted by molar-refractivity contribution is -0.0377. The average molecular weight is 642 g/mol. The molecule has 0 saturated carbocycles. The molecular weight excluding hydrogens is 606 g/mol. The number of ether oxygens (including phenoxy) is 4. The molecule has 16 heteroatoms. The van der Waals surface area contributed by atoms with Crippen molar-refractivity contribution in [3.05, 3.63) is 48.7 Å². The monoisotopic (exact) mass is 641 g/mol. The van der Waals surface area contributed by atoms with Crippen LogP contribution in [0.1, 0.15) is 63.3 Å². The first-order chi connectivity index (χ1) is 22.7. The topological polar surface area (TPSA) is 161 Å². The van der Waals surface area contributed by atoms with E-state index >= 15 is 0 Å². The maximum atomic E-state index is 12.6. The number of morpholine rings is 1. The Morgan fingerprint density at radius 3 is 2.62 bits per heavy atom. The van der Waals surface area contributed by atoms with Crippen molar-refractivity contribution in [1.29, 1.82) is 0 Å². The van der Waals surface area contributed by atoms with Crippen LogP contribution in [0.25, 0.3) is 28.3 Å². The van der Waals surface area contributed by atoms with Crippen LogP contribution in [0.4, 0.5) is 10.6 Å². The average Bonchev–Trinajstić information content (AvgIpc) is 3.70. The zero-order valence-electron chi connectivity index (χ0n) is 26.6. The van der Waals surface area contributed by atoms with Crippen LogP contribution in [0.5, 0.6) is 5.75 Å². The van der Waals surface area contributed by atoms with Crippen molar-refractivity contribution in [3.63, 3.8) is 0 Å². The first-order valence-corrected chi connectivity index (χ1v) is 15.6. The second kappa shape index (κ2) is 11.4. The van der Waals surface area contributed by atoms with E-state index in [0.717, 1.165) is 24.2 Å². The number of carbonyl (C=O) groups excluding carboxylic acids is 1. The molecule has 5 aromatic heterocycles. The Labute approximate surface area is 269 Å². The number of hydrogen-bond acceptors (Lipinski definition) is 13. The number of imidazole rings is 2. The van der Waals surface area contributed by atoms with E-state index in [0.29, 0.717) is 66.0 Å². The second-order valence-corrected chi connectivity index (χ2v) is 12.9. The lowest BCUT2D eigenvalue weighted by Crippen LogP contribution is -2.44. The number of anilines is 1. The number of methoxy groups -OCH3 is 1. The fraction of sp³-hybridized carbons (Fsp3) is 0.484. The van der Waals surface area contributed by atoms with Crippen LogP contribution in [0.2, 0.25) is 0 Å². The molecular formula is C31H35N11O5. The number of hydrogen-bond donors (Lipinski definition) is 0. The standard InChI is InChI=1S/C31H35N11O5/c1-31(2,3)47-30(43)39-7-5-19(6-8-39)41-15-34-21-12-33-29(38-26(21)41)42-16-35-24-27-36-25(37-28(24)42)23-14-40(27)13-22(46-23)18-9-20(11-32-10-18)45-17-44-4/h9-12,15-16,19,22-23H,5-8,13-14,17H2,1-4H3. The number of fused-ring (bicyclic) bond motifs is 9. The van der Waals surface area contributed by atoms with Crippen LogP contribution in [0.3, 0.4) is 0 Å². The summed E-state index contributed by atoms with van der Waals surface area (Å²) in [4.78, 5) is 49.4. The van der Waals surface area contributed by atoms with Crippen molar-refractivity contribution < 1.29 is 23.7 Å². The van der Waals surface area contributed by atoms with Crippen LogP contribution >= 0.6 is 0 Å². The lowest BCUT2D eigenvalue weighted by Gasteiger charge is -2.41. The molecule has 16 nitrogen and oxygen atoms in total. The third-order valence-corrected chi connectivity index (χ3v) is 8.56. The first kappa shape index (κ1) is 29.4. The zero-order valence-corrected chi connectivity index (χ0v) is 26.6. The number of rotatable bonds is 6. The largest absolute Gasteiger partial charge is 0.466 e. The highest BCUT2D eigenvalue weighted by molar-refractivity contribution is 5.85. The molecule has 0 spiro atoms. The maximum absolute atomic E-state index is 12.6. The second-order valence-electron chi connectivity index (χ2n) is 12.9. The molecule has 244 valence electrons. The van der Waals surface area contributed by atoms with Gasteiger partial charge < -0.3 is 33.3 Å². The molecule has 8 rings (SSSR count).